The van der Waals surface area contributed by atoms with E-state index in [0.717, 1.165) is 7.14 Å². The molecule has 16 heavy (non-hydrogen) atoms. The average Bonchev–Trinajstić information content (AvgIpc) is 2.22. The van der Waals surface area contributed by atoms with Crippen molar-refractivity contribution in [3.8, 4) is 5.75 Å². The maximum absolute atomic E-state index is 11.7. The number of hydrogen-bond donors (Lipinski definition) is 0. The normalized spacial score (nSPS) is 10.0. The summed E-state index contributed by atoms with van der Waals surface area (Å²) in [5.41, 5.74) is 0.500. The van der Waals surface area contributed by atoms with E-state index in [0.29, 0.717) is 24.5 Å². The van der Waals surface area contributed by atoms with Crippen LogP contribution >= 0.6 is 45.2 Å². The summed E-state index contributed by atoms with van der Waals surface area (Å²) in [7, 11) is 0. The van der Waals surface area contributed by atoms with E-state index in [4.69, 9.17) is 9.47 Å². The van der Waals surface area contributed by atoms with Gasteiger partial charge in [-0.1, -0.05) is 0 Å². The van der Waals surface area contributed by atoms with Gasteiger partial charge in [-0.25, -0.2) is 4.79 Å². The Morgan fingerprint density at radius 2 is 1.94 bits per heavy atom. The molecule has 0 fully saturated rings. The van der Waals surface area contributed by atoms with Gasteiger partial charge in [0.1, 0.15) is 11.3 Å². The Hall–Kier alpha value is -0.0500. The summed E-state index contributed by atoms with van der Waals surface area (Å²) in [6.45, 7) is 4.58. The van der Waals surface area contributed by atoms with Gasteiger partial charge in [0.05, 0.1) is 16.8 Å². The topological polar surface area (TPSA) is 35.5 Å². The number of benzene rings is 1. The molecule has 0 aromatic heterocycles. The third-order valence-electron chi connectivity index (χ3n) is 1.79. The molecule has 0 N–H and O–H groups in total. The van der Waals surface area contributed by atoms with Gasteiger partial charge in [0, 0.05) is 3.57 Å². The van der Waals surface area contributed by atoms with Gasteiger partial charge in [-0.05, 0) is 71.2 Å². The lowest BCUT2D eigenvalue weighted by atomic mass is 10.2. The molecule has 0 aliphatic rings. The van der Waals surface area contributed by atoms with Crippen molar-refractivity contribution in [2.24, 2.45) is 0 Å². The molecule has 88 valence electrons. The number of ether oxygens (including phenoxy) is 2. The number of hydrogen-bond acceptors (Lipinski definition) is 3. The second kappa shape index (κ2) is 6.63. The smallest absolute Gasteiger partial charge is 0.341 e. The van der Waals surface area contributed by atoms with Crippen LogP contribution < -0.4 is 4.74 Å². The Balaban J connectivity index is 3.17. The van der Waals surface area contributed by atoms with Crippen LogP contribution in [0.1, 0.15) is 24.2 Å². The molecule has 0 saturated carbocycles. The summed E-state index contributed by atoms with van der Waals surface area (Å²) in [4.78, 5) is 11.7. The summed E-state index contributed by atoms with van der Waals surface area (Å²) in [5, 5.41) is 0. The third-order valence-corrected chi connectivity index (χ3v) is 3.22. The summed E-state index contributed by atoms with van der Waals surface area (Å²) in [6.07, 6.45) is 0. The Morgan fingerprint density at radius 3 is 2.50 bits per heavy atom. The Kier molecular flexibility index (Phi) is 5.81. The highest BCUT2D eigenvalue weighted by Crippen LogP contribution is 2.29. The first-order chi connectivity index (χ1) is 7.60. The summed E-state index contributed by atoms with van der Waals surface area (Å²) in [5.74, 6) is 0.282. The second-order valence-corrected chi connectivity index (χ2v) is 5.33. The molecular formula is C11H12I2O3. The molecule has 0 atom stereocenters. The molecule has 0 unspecified atom stereocenters. The Labute approximate surface area is 122 Å². The lowest BCUT2D eigenvalue weighted by Gasteiger charge is -2.11. The van der Waals surface area contributed by atoms with E-state index in [-0.39, 0.29) is 5.97 Å². The van der Waals surface area contributed by atoms with Crippen LogP contribution in [0.15, 0.2) is 12.1 Å². The SMILES string of the molecule is CCOC(=O)c1cc(I)cc(I)c1OCC. The van der Waals surface area contributed by atoms with Crippen LogP contribution in [0.2, 0.25) is 0 Å². The predicted octanol–water partition coefficient (Wildman–Crippen LogP) is 3.47. The van der Waals surface area contributed by atoms with Crippen molar-refractivity contribution in [1.82, 2.24) is 0 Å². The van der Waals surface area contributed by atoms with Crippen LogP contribution in [0.3, 0.4) is 0 Å². The molecule has 0 spiro atoms. The zero-order valence-corrected chi connectivity index (χ0v) is 13.4. The summed E-state index contributed by atoms with van der Waals surface area (Å²) < 4.78 is 12.4. The molecule has 0 saturated heterocycles. The van der Waals surface area contributed by atoms with Crippen molar-refractivity contribution < 1.29 is 14.3 Å². The van der Waals surface area contributed by atoms with Crippen LogP contribution in [0.5, 0.6) is 5.75 Å². The van der Waals surface area contributed by atoms with Crippen LogP contribution in [-0.2, 0) is 4.74 Å². The first-order valence-electron chi connectivity index (χ1n) is 4.89. The van der Waals surface area contributed by atoms with Crippen LogP contribution in [0.4, 0.5) is 0 Å². The molecule has 1 aromatic rings. The first kappa shape index (κ1) is 14.0. The molecule has 0 radical (unpaired) electrons. The van der Waals surface area contributed by atoms with Crippen LogP contribution in [0, 0.1) is 7.14 Å². The molecule has 0 aliphatic carbocycles. The minimum absolute atomic E-state index is 0.331. The maximum Gasteiger partial charge on any atom is 0.341 e. The zero-order chi connectivity index (χ0) is 12.1. The maximum atomic E-state index is 11.7. The van der Waals surface area contributed by atoms with Gasteiger partial charge < -0.3 is 9.47 Å². The van der Waals surface area contributed by atoms with E-state index in [2.05, 4.69) is 45.2 Å². The largest absolute Gasteiger partial charge is 0.492 e. The molecule has 1 rings (SSSR count). The fourth-order valence-corrected chi connectivity index (χ4v) is 3.21. The van der Waals surface area contributed by atoms with Gasteiger partial charge in [0.15, 0.2) is 0 Å². The summed E-state index contributed by atoms with van der Waals surface area (Å²) >= 11 is 4.33. The quantitative estimate of drug-likeness (QED) is 0.526. The van der Waals surface area contributed by atoms with Gasteiger partial charge in [-0.2, -0.15) is 0 Å². The molecule has 0 bridgehead atoms. The standard InChI is InChI=1S/C11H12I2O3/c1-3-15-10-8(11(14)16-4-2)5-7(12)6-9(10)13/h5-6H,3-4H2,1-2H3. The number of carbonyl (C=O) groups excluding carboxylic acids is 1. The number of esters is 1. The van der Waals surface area contributed by atoms with E-state index in [1.807, 2.05) is 13.0 Å². The minimum atomic E-state index is -0.331. The molecule has 0 aliphatic heterocycles. The van der Waals surface area contributed by atoms with E-state index in [9.17, 15) is 4.79 Å². The second-order valence-electron chi connectivity index (χ2n) is 2.92. The molecule has 3 nitrogen and oxygen atoms in total. The number of carbonyl (C=O) groups is 1. The van der Waals surface area contributed by atoms with Gasteiger partial charge >= 0.3 is 5.97 Å². The monoisotopic (exact) mass is 446 g/mol. The fourth-order valence-electron chi connectivity index (χ4n) is 1.21. The highest BCUT2D eigenvalue weighted by Gasteiger charge is 2.17. The fraction of sp³-hybridized carbons (Fsp3) is 0.364. The van der Waals surface area contributed by atoms with Gasteiger partial charge in [0.2, 0.25) is 0 Å². The van der Waals surface area contributed by atoms with E-state index >= 15 is 0 Å². The molecule has 1 aromatic carbocycles. The van der Waals surface area contributed by atoms with Gasteiger partial charge in [-0.15, -0.1) is 0 Å². The van der Waals surface area contributed by atoms with Crippen molar-refractivity contribution >= 4 is 51.2 Å². The summed E-state index contributed by atoms with van der Waals surface area (Å²) in [6, 6.07) is 3.75. The minimum Gasteiger partial charge on any atom is -0.492 e. The molecule has 0 heterocycles. The average molecular weight is 446 g/mol. The van der Waals surface area contributed by atoms with Gasteiger partial charge in [0.25, 0.3) is 0 Å². The van der Waals surface area contributed by atoms with Crippen molar-refractivity contribution in [2.75, 3.05) is 13.2 Å². The van der Waals surface area contributed by atoms with Crippen molar-refractivity contribution in [3.05, 3.63) is 24.8 Å². The van der Waals surface area contributed by atoms with Crippen molar-refractivity contribution in [2.45, 2.75) is 13.8 Å². The Bertz CT molecular complexity index is 391. The first-order valence-corrected chi connectivity index (χ1v) is 7.04. The zero-order valence-electron chi connectivity index (χ0n) is 9.05. The lowest BCUT2D eigenvalue weighted by molar-refractivity contribution is 0.0521. The van der Waals surface area contributed by atoms with Crippen LogP contribution in [0.25, 0.3) is 0 Å². The number of halogens is 2. The van der Waals surface area contributed by atoms with Gasteiger partial charge in [-0.3, -0.25) is 0 Å². The van der Waals surface area contributed by atoms with Crippen molar-refractivity contribution in [1.29, 1.82) is 0 Å². The Morgan fingerprint density at radius 1 is 1.25 bits per heavy atom. The number of rotatable bonds is 4. The van der Waals surface area contributed by atoms with E-state index in [1.165, 1.54) is 0 Å². The molecule has 0 amide bonds. The highest BCUT2D eigenvalue weighted by molar-refractivity contribution is 14.1. The van der Waals surface area contributed by atoms with E-state index in [1.54, 1.807) is 13.0 Å². The highest BCUT2D eigenvalue weighted by atomic mass is 127. The van der Waals surface area contributed by atoms with E-state index < -0.39 is 0 Å². The molecule has 5 heteroatoms. The predicted molar refractivity (Wildman–Crippen MR) is 79.0 cm³/mol. The third kappa shape index (κ3) is 3.47. The van der Waals surface area contributed by atoms with Crippen LogP contribution in [-0.4, -0.2) is 19.2 Å². The lowest BCUT2D eigenvalue weighted by Crippen LogP contribution is -2.09. The molecular weight excluding hydrogens is 434 g/mol. The van der Waals surface area contributed by atoms with Crippen molar-refractivity contribution in [3.63, 3.8) is 0 Å².